The molecule has 0 aliphatic carbocycles. The monoisotopic (exact) mass is 365 g/mol. The summed E-state index contributed by atoms with van der Waals surface area (Å²) in [5.41, 5.74) is 1.67. The van der Waals surface area contributed by atoms with Crippen molar-refractivity contribution in [3.05, 3.63) is 23.2 Å². The van der Waals surface area contributed by atoms with Crippen molar-refractivity contribution >= 4 is 34.8 Å². The molecule has 0 saturated carbocycles. The van der Waals surface area contributed by atoms with Crippen LogP contribution in [0.15, 0.2) is 18.2 Å². The summed E-state index contributed by atoms with van der Waals surface area (Å²) in [5, 5.41) is 3.48. The summed E-state index contributed by atoms with van der Waals surface area (Å²) >= 11 is 6.42. The molecule has 1 heterocycles. The van der Waals surface area contributed by atoms with Gasteiger partial charge in [-0.15, -0.1) is 0 Å². The fourth-order valence-corrected chi connectivity index (χ4v) is 3.27. The van der Waals surface area contributed by atoms with E-state index in [0.29, 0.717) is 23.8 Å². The quantitative estimate of drug-likeness (QED) is 0.834. The Kier molecular flexibility index (Phi) is 7.12. The fraction of sp³-hybridized carbons (Fsp3) is 0.579. The number of carbonyl (C=O) groups excluding carboxylic acids is 2. The number of nitrogens with zero attached hydrogens (tertiary/aromatic N) is 2. The normalized spacial score (nSPS) is 14.8. The first-order valence-electron chi connectivity index (χ1n) is 9.02. The first-order chi connectivity index (χ1) is 11.9. The van der Waals surface area contributed by atoms with Gasteiger partial charge in [0.05, 0.1) is 10.7 Å². The number of carbonyl (C=O) groups is 2. The number of hydrogen-bond acceptors (Lipinski definition) is 3. The summed E-state index contributed by atoms with van der Waals surface area (Å²) in [6.45, 7) is 9.08. The Morgan fingerprint density at radius 3 is 2.44 bits per heavy atom. The highest BCUT2D eigenvalue weighted by Crippen LogP contribution is 2.30. The summed E-state index contributed by atoms with van der Waals surface area (Å²) < 4.78 is 0. The van der Waals surface area contributed by atoms with E-state index in [9.17, 15) is 9.59 Å². The molecule has 6 heteroatoms. The summed E-state index contributed by atoms with van der Waals surface area (Å²) in [4.78, 5) is 28.0. The summed E-state index contributed by atoms with van der Waals surface area (Å²) in [6, 6.07) is 5.61. The Morgan fingerprint density at radius 2 is 1.88 bits per heavy atom. The molecule has 0 aromatic heterocycles. The molecular formula is C19H28ClN3O2. The van der Waals surface area contributed by atoms with E-state index in [1.165, 1.54) is 0 Å². The fourth-order valence-electron chi connectivity index (χ4n) is 2.97. The van der Waals surface area contributed by atoms with E-state index in [2.05, 4.69) is 24.1 Å². The average molecular weight is 366 g/mol. The number of rotatable bonds is 6. The maximum Gasteiger partial charge on any atom is 0.224 e. The van der Waals surface area contributed by atoms with Crippen molar-refractivity contribution in [2.45, 2.75) is 40.0 Å². The van der Waals surface area contributed by atoms with Gasteiger partial charge in [0.2, 0.25) is 11.8 Å². The van der Waals surface area contributed by atoms with Gasteiger partial charge < -0.3 is 15.1 Å². The van der Waals surface area contributed by atoms with Crippen LogP contribution >= 0.6 is 11.6 Å². The van der Waals surface area contributed by atoms with Crippen LogP contribution in [0.2, 0.25) is 5.02 Å². The molecule has 1 saturated heterocycles. The number of anilines is 2. The molecule has 1 N–H and O–H groups in total. The molecule has 1 aliphatic heterocycles. The molecule has 1 fully saturated rings. The maximum absolute atomic E-state index is 12.2. The Bertz CT molecular complexity index is 611. The van der Waals surface area contributed by atoms with Crippen LogP contribution in [0, 0.1) is 5.92 Å². The highest BCUT2D eigenvalue weighted by atomic mass is 35.5. The second kappa shape index (κ2) is 9.09. The molecule has 0 atom stereocenters. The van der Waals surface area contributed by atoms with Crippen LogP contribution in [0.3, 0.4) is 0 Å². The number of hydrogen-bond donors (Lipinski definition) is 1. The third-order valence-electron chi connectivity index (χ3n) is 4.26. The molecule has 0 bridgehead atoms. The lowest BCUT2D eigenvalue weighted by Crippen LogP contribution is -2.49. The summed E-state index contributed by atoms with van der Waals surface area (Å²) in [5.74, 6) is 0.619. The van der Waals surface area contributed by atoms with Gasteiger partial charge in [-0.05, 0) is 30.5 Å². The topological polar surface area (TPSA) is 52.7 Å². The van der Waals surface area contributed by atoms with Crippen molar-refractivity contribution in [2.24, 2.45) is 5.92 Å². The van der Waals surface area contributed by atoms with Crippen LogP contribution in [-0.2, 0) is 9.59 Å². The smallest absolute Gasteiger partial charge is 0.224 e. The zero-order chi connectivity index (χ0) is 18.4. The molecule has 25 heavy (non-hydrogen) atoms. The van der Waals surface area contributed by atoms with Gasteiger partial charge in [0.25, 0.3) is 0 Å². The molecule has 5 nitrogen and oxygen atoms in total. The van der Waals surface area contributed by atoms with Crippen LogP contribution in [0.1, 0.15) is 40.0 Å². The number of nitrogens with one attached hydrogen (secondary N) is 1. The van der Waals surface area contributed by atoms with E-state index in [1.54, 1.807) is 6.07 Å². The van der Waals surface area contributed by atoms with Crippen molar-refractivity contribution in [2.75, 3.05) is 36.4 Å². The van der Waals surface area contributed by atoms with Gasteiger partial charge in [-0.25, -0.2) is 0 Å². The van der Waals surface area contributed by atoms with Gasteiger partial charge in [0.15, 0.2) is 0 Å². The van der Waals surface area contributed by atoms with E-state index >= 15 is 0 Å². The standard InChI is InChI=1S/C19H28ClN3O2/c1-4-5-18(24)21-15-6-7-17(16(20)13-15)22-8-10-23(11-9-22)19(25)12-14(2)3/h6-7,13-14H,4-5,8-12H2,1-3H3,(H,21,24). The van der Waals surface area contributed by atoms with Crippen LogP contribution in [0.4, 0.5) is 11.4 Å². The van der Waals surface area contributed by atoms with Gasteiger partial charge in [0.1, 0.15) is 0 Å². The first-order valence-corrected chi connectivity index (χ1v) is 9.40. The zero-order valence-electron chi connectivity index (χ0n) is 15.3. The molecule has 1 aromatic carbocycles. The minimum Gasteiger partial charge on any atom is -0.367 e. The van der Waals surface area contributed by atoms with Crippen LogP contribution < -0.4 is 10.2 Å². The molecule has 1 aliphatic rings. The van der Waals surface area contributed by atoms with Crippen molar-refractivity contribution in [3.8, 4) is 0 Å². The van der Waals surface area contributed by atoms with Gasteiger partial charge >= 0.3 is 0 Å². The van der Waals surface area contributed by atoms with E-state index in [1.807, 2.05) is 24.0 Å². The zero-order valence-corrected chi connectivity index (χ0v) is 16.1. The third-order valence-corrected chi connectivity index (χ3v) is 4.57. The van der Waals surface area contributed by atoms with Gasteiger partial charge in [0, 0.05) is 44.7 Å². The lowest BCUT2D eigenvalue weighted by Gasteiger charge is -2.36. The Morgan fingerprint density at radius 1 is 1.20 bits per heavy atom. The summed E-state index contributed by atoms with van der Waals surface area (Å²) in [7, 11) is 0. The molecular weight excluding hydrogens is 338 g/mol. The van der Waals surface area contributed by atoms with Gasteiger partial charge in [-0.1, -0.05) is 32.4 Å². The summed E-state index contributed by atoms with van der Waals surface area (Å²) in [6.07, 6.45) is 1.93. The van der Waals surface area contributed by atoms with E-state index in [-0.39, 0.29) is 11.8 Å². The second-order valence-electron chi connectivity index (χ2n) is 6.93. The Balaban J connectivity index is 1.94. The Hall–Kier alpha value is -1.75. The van der Waals surface area contributed by atoms with Crippen molar-refractivity contribution in [1.29, 1.82) is 0 Å². The van der Waals surface area contributed by atoms with Crippen LogP contribution in [0.25, 0.3) is 0 Å². The SMILES string of the molecule is CCCC(=O)Nc1ccc(N2CCN(C(=O)CC(C)C)CC2)c(Cl)c1. The van der Waals surface area contributed by atoms with E-state index < -0.39 is 0 Å². The van der Waals surface area contributed by atoms with Crippen molar-refractivity contribution in [1.82, 2.24) is 4.90 Å². The minimum atomic E-state index is 0.00333. The number of benzene rings is 1. The minimum absolute atomic E-state index is 0.00333. The first kappa shape index (κ1) is 19.6. The maximum atomic E-state index is 12.2. The van der Waals surface area contributed by atoms with Crippen LogP contribution in [-0.4, -0.2) is 42.9 Å². The number of halogens is 1. The van der Waals surface area contributed by atoms with Gasteiger partial charge in [-0.2, -0.15) is 0 Å². The lowest BCUT2D eigenvalue weighted by molar-refractivity contribution is -0.132. The van der Waals surface area contributed by atoms with Crippen LogP contribution in [0.5, 0.6) is 0 Å². The predicted molar refractivity (Wildman–Crippen MR) is 103 cm³/mol. The van der Waals surface area contributed by atoms with E-state index in [4.69, 9.17) is 11.6 Å². The molecule has 0 unspecified atom stereocenters. The second-order valence-corrected chi connectivity index (χ2v) is 7.34. The predicted octanol–water partition coefficient (Wildman–Crippen LogP) is 3.77. The van der Waals surface area contributed by atoms with Gasteiger partial charge in [-0.3, -0.25) is 9.59 Å². The highest BCUT2D eigenvalue weighted by molar-refractivity contribution is 6.33. The van der Waals surface area contributed by atoms with Crippen molar-refractivity contribution in [3.63, 3.8) is 0 Å². The molecule has 2 amide bonds. The lowest BCUT2D eigenvalue weighted by atomic mass is 10.1. The third kappa shape index (κ3) is 5.63. The highest BCUT2D eigenvalue weighted by Gasteiger charge is 2.22. The molecule has 2 rings (SSSR count). The Labute approximate surface area is 155 Å². The van der Waals surface area contributed by atoms with E-state index in [0.717, 1.165) is 44.0 Å². The number of amides is 2. The molecule has 138 valence electrons. The average Bonchev–Trinajstić information content (AvgIpc) is 2.55. The number of piperazine rings is 1. The van der Waals surface area contributed by atoms with Crippen molar-refractivity contribution < 1.29 is 9.59 Å². The largest absolute Gasteiger partial charge is 0.367 e. The molecule has 1 aromatic rings. The molecule has 0 spiro atoms. The molecule has 0 radical (unpaired) electrons.